The van der Waals surface area contributed by atoms with Crippen LogP contribution in [-0.2, 0) is 4.79 Å². The number of hydrogen-bond acceptors (Lipinski definition) is 6. The van der Waals surface area contributed by atoms with Gasteiger partial charge in [0.05, 0.1) is 12.1 Å². The van der Waals surface area contributed by atoms with Gasteiger partial charge in [-0.05, 0) is 67.3 Å². The highest BCUT2D eigenvalue weighted by Gasteiger charge is 2.55. The number of carbonyl (C=O) groups excluding carboxylic acids is 1. The minimum Gasteiger partial charge on any atom is -0.497 e. The molecule has 1 amide bonds. The quantitative estimate of drug-likeness (QED) is 0.498. The first kappa shape index (κ1) is 21.8. The summed E-state index contributed by atoms with van der Waals surface area (Å²) in [6.45, 7) is -0.0825. The Morgan fingerprint density at radius 1 is 1.12 bits per heavy atom. The van der Waals surface area contributed by atoms with Gasteiger partial charge in [-0.3, -0.25) is 9.59 Å². The van der Waals surface area contributed by atoms with Crippen LogP contribution >= 0.6 is 23.1 Å². The fourth-order valence-electron chi connectivity index (χ4n) is 6.08. The molecule has 5 atom stereocenters. The topological polar surface area (TPSA) is 80.4 Å². The van der Waals surface area contributed by atoms with Gasteiger partial charge in [-0.2, -0.15) is 0 Å². The Labute approximate surface area is 206 Å². The highest BCUT2D eigenvalue weighted by molar-refractivity contribution is 8.00. The molecule has 3 aromatic rings. The molecule has 6 nitrogen and oxygen atoms in total. The summed E-state index contributed by atoms with van der Waals surface area (Å²) in [4.78, 5) is 29.1. The van der Waals surface area contributed by atoms with Crippen LogP contribution in [0.2, 0.25) is 0 Å². The number of H-pyrrole nitrogens is 1. The zero-order valence-corrected chi connectivity index (χ0v) is 20.4. The van der Waals surface area contributed by atoms with Crippen molar-refractivity contribution in [3.63, 3.8) is 0 Å². The number of aromatic amines is 1. The molecule has 8 heteroatoms. The number of methoxy groups -OCH3 is 1. The summed E-state index contributed by atoms with van der Waals surface area (Å²) in [6, 6.07) is 15.2. The Bertz CT molecular complexity index is 1270. The molecular formula is C26H26N2O4S2. The third-order valence-corrected chi connectivity index (χ3v) is 10.1. The van der Waals surface area contributed by atoms with E-state index >= 15 is 0 Å². The van der Waals surface area contributed by atoms with Gasteiger partial charge >= 0.3 is 4.87 Å². The Balaban J connectivity index is 1.25. The number of aromatic nitrogens is 1. The Morgan fingerprint density at radius 2 is 1.91 bits per heavy atom. The van der Waals surface area contributed by atoms with Crippen LogP contribution in [0.4, 0.5) is 5.69 Å². The largest absolute Gasteiger partial charge is 0.497 e. The van der Waals surface area contributed by atoms with Gasteiger partial charge in [0.25, 0.3) is 5.91 Å². The molecule has 0 spiro atoms. The van der Waals surface area contributed by atoms with E-state index in [2.05, 4.69) is 16.4 Å². The van der Waals surface area contributed by atoms with E-state index in [0.29, 0.717) is 22.8 Å². The van der Waals surface area contributed by atoms with Gasteiger partial charge < -0.3 is 19.8 Å². The van der Waals surface area contributed by atoms with Gasteiger partial charge in [0, 0.05) is 27.3 Å². The van der Waals surface area contributed by atoms with E-state index in [9.17, 15) is 9.59 Å². The van der Waals surface area contributed by atoms with Gasteiger partial charge in [0.2, 0.25) is 0 Å². The molecule has 2 aliphatic carbocycles. The van der Waals surface area contributed by atoms with Gasteiger partial charge in [-0.25, -0.2) is 0 Å². The number of thiazole rings is 1. The van der Waals surface area contributed by atoms with Crippen LogP contribution in [0.3, 0.4) is 0 Å². The molecule has 0 saturated heterocycles. The lowest BCUT2D eigenvalue weighted by molar-refractivity contribution is -0.118. The lowest BCUT2D eigenvalue weighted by Crippen LogP contribution is -2.34. The van der Waals surface area contributed by atoms with Gasteiger partial charge in [0.1, 0.15) is 11.5 Å². The normalized spacial score (nSPS) is 26.6. The van der Waals surface area contributed by atoms with E-state index in [1.807, 2.05) is 30.0 Å². The van der Waals surface area contributed by atoms with Crippen LogP contribution in [0.5, 0.6) is 11.5 Å². The van der Waals surface area contributed by atoms with Crippen LogP contribution < -0.4 is 19.7 Å². The second-order valence-electron chi connectivity index (χ2n) is 9.28. The average Bonchev–Trinajstić information content (AvgIpc) is 3.56. The van der Waals surface area contributed by atoms with E-state index in [0.717, 1.165) is 32.9 Å². The molecule has 0 unspecified atom stereocenters. The monoisotopic (exact) mass is 494 g/mol. The molecule has 3 aliphatic rings. The van der Waals surface area contributed by atoms with E-state index < -0.39 is 0 Å². The van der Waals surface area contributed by atoms with Crippen molar-refractivity contribution in [3.05, 3.63) is 68.6 Å². The summed E-state index contributed by atoms with van der Waals surface area (Å²) < 4.78 is 11.3. The maximum Gasteiger partial charge on any atom is 0.305 e. The molecule has 2 bridgehead atoms. The first-order valence-corrected chi connectivity index (χ1v) is 13.4. The number of anilines is 1. The maximum absolute atomic E-state index is 12.6. The van der Waals surface area contributed by atoms with E-state index in [4.69, 9.17) is 9.47 Å². The molecule has 176 valence electrons. The van der Waals surface area contributed by atoms with Crippen LogP contribution in [0.25, 0.3) is 0 Å². The van der Waals surface area contributed by atoms with Gasteiger partial charge in [-0.15, -0.1) is 11.8 Å². The number of carbonyl (C=O) groups is 1. The summed E-state index contributed by atoms with van der Waals surface area (Å²) in [5.74, 6) is 3.27. The highest BCUT2D eigenvalue weighted by Crippen LogP contribution is 2.64. The van der Waals surface area contributed by atoms with Crippen LogP contribution in [0.15, 0.2) is 58.4 Å². The third kappa shape index (κ3) is 3.82. The average molecular weight is 495 g/mol. The second-order valence-corrected chi connectivity index (χ2v) is 11.5. The van der Waals surface area contributed by atoms with Crippen molar-refractivity contribution in [1.82, 2.24) is 4.98 Å². The van der Waals surface area contributed by atoms with Crippen molar-refractivity contribution in [2.45, 2.75) is 35.5 Å². The lowest BCUT2D eigenvalue weighted by atomic mass is 9.74. The van der Waals surface area contributed by atoms with Crippen molar-refractivity contribution in [1.29, 1.82) is 0 Å². The molecule has 2 heterocycles. The van der Waals surface area contributed by atoms with Crippen molar-refractivity contribution < 1.29 is 14.3 Å². The molecule has 6 rings (SSSR count). The minimum absolute atomic E-state index is 0.00656. The fraction of sp³-hybridized carbons (Fsp3) is 0.385. The number of rotatable bonds is 6. The number of amides is 1. The molecule has 2 fully saturated rings. The SMILES string of the molecule is COc1ccc(NC(=O)COc2ccccc2[C@H]2c3sc(=O)[nH]c3S[C@H]3[C@@H]4CC[C@H](C4)[C@H]23)cc1. The van der Waals surface area contributed by atoms with E-state index in [-0.39, 0.29) is 23.3 Å². The van der Waals surface area contributed by atoms with Crippen molar-refractivity contribution >= 4 is 34.7 Å². The Hall–Kier alpha value is -2.71. The summed E-state index contributed by atoms with van der Waals surface area (Å²) in [7, 11) is 1.61. The van der Waals surface area contributed by atoms with Crippen molar-refractivity contribution in [2.24, 2.45) is 17.8 Å². The first-order valence-electron chi connectivity index (χ1n) is 11.7. The smallest absolute Gasteiger partial charge is 0.305 e. The van der Waals surface area contributed by atoms with Crippen molar-refractivity contribution in [3.8, 4) is 11.5 Å². The second kappa shape index (κ2) is 8.82. The lowest BCUT2D eigenvalue weighted by Gasteiger charge is -2.40. The number of ether oxygens (including phenoxy) is 2. The summed E-state index contributed by atoms with van der Waals surface area (Å²) >= 11 is 3.21. The number of fused-ring (bicyclic) bond motifs is 6. The van der Waals surface area contributed by atoms with Crippen LogP contribution in [0, 0.1) is 17.8 Å². The van der Waals surface area contributed by atoms with Crippen molar-refractivity contribution in [2.75, 3.05) is 19.0 Å². The number of hydrogen-bond donors (Lipinski definition) is 2. The fourth-order valence-corrected chi connectivity index (χ4v) is 8.97. The van der Waals surface area contributed by atoms with Crippen LogP contribution in [0.1, 0.15) is 35.6 Å². The third-order valence-electron chi connectivity index (χ3n) is 7.45. The molecule has 34 heavy (non-hydrogen) atoms. The molecule has 2 saturated carbocycles. The number of thioether (sulfide) groups is 1. The molecule has 1 aliphatic heterocycles. The number of para-hydroxylation sites is 1. The van der Waals surface area contributed by atoms with Crippen LogP contribution in [-0.4, -0.2) is 29.9 Å². The summed E-state index contributed by atoms with van der Waals surface area (Å²) in [5.41, 5.74) is 1.78. The number of benzene rings is 2. The van der Waals surface area contributed by atoms with E-state index in [1.165, 1.54) is 30.6 Å². The molecular weight excluding hydrogens is 468 g/mol. The Morgan fingerprint density at radius 3 is 2.74 bits per heavy atom. The predicted octanol–water partition coefficient (Wildman–Crippen LogP) is 5.11. The summed E-state index contributed by atoms with van der Waals surface area (Å²) in [5, 5.41) is 4.44. The zero-order chi connectivity index (χ0) is 23.2. The first-order chi connectivity index (χ1) is 16.6. The van der Waals surface area contributed by atoms with Gasteiger partial charge in [-0.1, -0.05) is 29.5 Å². The minimum atomic E-state index is -0.219. The molecule has 1 aromatic heterocycles. The number of nitrogens with one attached hydrogen (secondary N) is 2. The predicted molar refractivity (Wildman–Crippen MR) is 134 cm³/mol. The highest BCUT2D eigenvalue weighted by atomic mass is 32.2. The van der Waals surface area contributed by atoms with Gasteiger partial charge in [0.15, 0.2) is 6.61 Å². The van der Waals surface area contributed by atoms with E-state index in [1.54, 1.807) is 31.4 Å². The molecule has 2 aromatic carbocycles. The maximum atomic E-state index is 12.6. The Kier molecular flexibility index (Phi) is 5.65. The molecule has 2 N–H and O–H groups in total. The molecule has 0 radical (unpaired) electrons. The summed E-state index contributed by atoms with van der Waals surface area (Å²) in [6.07, 6.45) is 3.84. The zero-order valence-electron chi connectivity index (χ0n) is 18.8. The standard InChI is InChI=1S/C26H26N2O4S2/c1-31-17-10-8-16(9-11-17)27-20(29)13-32-19-5-3-2-4-18(19)22-21-14-6-7-15(12-14)23(21)33-25-24(22)34-26(30)28-25/h2-5,8-11,14-15,21-23H,6-7,12-13H2,1H3,(H,27,29)(H,28,30)/t14-,15-,21-,22-,23+/m1/s1.